The van der Waals surface area contributed by atoms with Gasteiger partial charge in [-0.05, 0) is 25.1 Å². The minimum Gasteiger partial charge on any atom is -0.369 e. The maximum atomic E-state index is 5.55. The molecule has 0 saturated heterocycles. The highest BCUT2D eigenvalue weighted by Gasteiger charge is 2.08. The van der Waals surface area contributed by atoms with E-state index in [9.17, 15) is 0 Å². The maximum Gasteiger partial charge on any atom is 0.162 e. The van der Waals surface area contributed by atoms with Gasteiger partial charge in [0.25, 0.3) is 0 Å². The Morgan fingerprint density at radius 3 is 2.30 bits per heavy atom. The lowest BCUT2D eigenvalue weighted by Gasteiger charge is -2.10. The SMILES string of the molecule is Cl.Cl.NCCCNc1nc(-c2ccccc2)nc2ccccc12. The molecule has 0 aliphatic rings. The Hall–Kier alpha value is -1.88. The van der Waals surface area contributed by atoms with E-state index in [1.54, 1.807) is 0 Å². The second-order valence-electron chi connectivity index (χ2n) is 4.85. The van der Waals surface area contributed by atoms with Crippen molar-refractivity contribution >= 4 is 41.5 Å². The summed E-state index contributed by atoms with van der Waals surface area (Å²) in [5, 5.41) is 4.40. The fourth-order valence-electron chi connectivity index (χ4n) is 2.24. The lowest BCUT2D eigenvalue weighted by molar-refractivity contribution is 0.871. The monoisotopic (exact) mass is 350 g/mol. The third-order valence-corrected chi connectivity index (χ3v) is 3.31. The Balaban J connectivity index is 0.00000132. The highest BCUT2D eigenvalue weighted by Crippen LogP contribution is 2.24. The zero-order valence-electron chi connectivity index (χ0n) is 12.6. The summed E-state index contributed by atoms with van der Waals surface area (Å²) in [6, 6.07) is 18.1. The van der Waals surface area contributed by atoms with E-state index in [-0.39, 0.29) is 24.8 Å². The van der Waals surface area contributed by atoms with Gasteiger partial charge in [-0.3, -0.25) is 0 Å². The summed E-state index contributed by atoms with van der Waals surface area (Å²) in [6.45, 7) is 1.48. The van der Waals surface area contributed by atoms with Gasteiger partial charge in [-0.1, -0.05) is 42.5 Å². The Kier molecular flexibility index (Phi) is 7.75. The molecule has 1 heterocycles. The molecule has 0 fully saturated rings. The summed E-state index contributed by atoms with van der Waals surface area (Å²) in [5.74, 6) is 1.61. The van der Waals surface area contributed by atoms with E-state index in [2.05, 4.69) is 15.3 Å². The molecule has 0 amide bonds. The average Bonchev–Trinajstić information content (AvgIpc) is 2.55. The molecule has 4 nitrogen and oxygen atoms in total. The molecule has 0 atom stereocenters. The van der Waals surface area contributed by atoms with Crippen molar-refractivity contribution < 1.29 is 0 Å². The summed E-state index contributed by atoms with van der Waals surface area (Å²) in [6.07, 6.45) is 0.916. The van der Waals surface area contributed by atoms with Gasteiger partial charge in [0, 0.05) is 17.5 Å². The van der Waals surface area contributed by atoms with Crippen molar-refractivity contribution in [1.82, 2.24) is 9.97 Å². The average molecular weight is 351 g/mol. The number of anilines is 1. The van der Waals surface area contributed by atoms with Crippen molar-refractivity contribution in [2.75, 3.05) is 18.4 Å². The Morgan fingerprint density at radius 2 is 1.57 bits per heavy atom. The van der Waals surface area contributed by atoms with E-state index in [0.29, 0.717) is 6.54 Å². The predicted molar refractivity (Wildman–Crippen MR) is 102 cm³/mol. The molecule has 23 heavy (non-hydrogen) atoms. The first-order valence-corrected chi connectivity index (χ1v) is 7.14. The summed E-state index contributed by atoms with van der Waals surface area (Å²) in [5.41, 5.74) is 7.52. The molecule has 3 rings (SSSR count). The second kappa shape index (κ2) is 9.30. The molecule has 0 unspecified atom stereocenters. The van der Waals surface area contributed by atoms with Crippen LogP contribution in [0.25, 0.3) is 22.3 Å². The van der Waals surface area contributed by atoms with E-state index in [4.69, 9.17) is 5.73 Å². The number of halogens is 2. The van der Waals surface area contributed by atoms with E-state index in [0.717, 1.165) is 41.1 Å². The normalized spacial score (nSPS) is 9.78. The Bertz CT molecular complexity index is 735. The number of nitrogens with two attached hydrogens (primary N) is 1. The number of rotatable bonds is 5. The minimum atomic E-state index is 0. The first-order chi connectivity index (χ1) is 10.4. The Labute approximate surface area is 148 Å². The molecule has 0 radical (unpaired) electrons. The van der Waals surface area contributed by atoms with E-state index in [1.807, 2.05) is 54.6 Å². The van der Waals surface area contributed by atoms with Crippen LogP contribution in [-0.2, 0) is 0 Å². The van der Waals surface area contributed by atoms with Crippen molar-refractivity contribution in [1.29, 1.82) is 0 Å². The highest BCUT2D eigenvalue weighted by molar-refractivity contribution is 5.90. The number of hydrogen-bond donors (Lipinski definition) is 2. The fourth-order valence-corrected chi connectivity index (χ4v) is 2.24. The number of nitrogens with one attached hydrogen (secondary N) is 1. The van der Waals surface area contributed by atoms with Gasteiger partial charge in [0.15, 0.2) is 5.82 Å². The standard InChI is InChI=1S/C17H18N4.2ClH/c18-11-6-12-19-17-14-9-4-5-10-15(14)20-16(21-17)13-7-2-1-3-8-13;;/h1-5,7-10H,6,11-12,18H2,(H,19,20,21);2*1H. The van der Waals surface area contributed by atoms with Crippen LogP contribution < -0.4 is 11.1 Å². The van der Waals surface area contributed by atoms with Gasteiger partial charge in [0.1, 0.15) is 5.82 Å². The van der Waals surface area contributed by atoms with Gasteiger partial charge in [-0.25, -0.2) is 9.97 Å². The molecule has 0 spiro atoms. The third kappa shape index (κ3) is 4.55. The van der Waals surface area contributed by atoms with Crippen LogP contribution in [0.5, 0.6) is 0 Å². The maximum absolute atomic E-state index is 5.55. The van der Waals surface area contributed by atoms with Crippen LogP contribution in [0.2, 0.25) is 0 Å². The van der Waals surface area contributed by atoms with Crippen LogP contribution in [0.3, 0.4) is 0 Å². The summed E-state index contributed by atoms with van der Waals surface area (Å²) in [7, 11) is 0. The van der Waals surface area contributed by atoms with Gasteiger partial charge < -0.3 is 11.1 Å². The topological polar surface area (TPSA) is 63.8 Å². The molecule has 1 aromatic heterocycles. The number of para-hydroxylation sites is 1. The lowest BCUT2D eigenvalue weighted by Crippen LogP contribution is -2.10. The quantitative estimate of drug-likeness (QED) is 0.685. The number of nitrogens with zero attached hydrogens (tertiary/aromatic N) is 2. The van der Waals surface area contributed by atoms with Gasteiger partial charge in [-0.15, -0.1) is 24.8 Å². The molecular weight excluding hydrogens is 331 g/mol. The molecule has 3 aromatic rings. The number of aromatic nitrogens is 2. The summed E-state index contributed by atoms with van der Waals surface area (Å²) < 4.78 is 0. The van der Waals surface area contributed by atoms with E-state index < -0.39 is 0 Å². The smallest absolute Gasteiger partial charge is 0.162 e. The second-order valence-corrected chi connectivity index (χ2v) is 4.85. The zero-order chi connectivity index (χ0) is 14.5. The van der Waals surface area contributed by atoms with Crippen LogP contribution in [0.15, 0.2) is 54.6 Å². The van der Waals surface area contributed by atoms with Crippen LogP contribution in [0.4, 0.5) is 5.82 Å². The largest absolute Gasteiger partial charge is 0.369 e. The van der Waals surface area contributed by atoms with E-state index in [1.165, 1.54) is 0 Å². The molecule has 0 saturated carbocycles. The van der Waals surface area contributed by atoms with Crippen molar-refractivity contribution in [2.45, 2.75) is 6.42 Å². The fraction of sp³-hybridized carbons (Fsp3) is 0.176. The van der Waals surface area contributed by atoms with Crippen molar-refractivity contribution in [3.05, 3.63) is 54.6 Å². The molecule has 122 valence electrons. The lowest BCUT2D eigenvalue weighted by atomic mass is 10.2. The van der Waals surface area contributed by atoms with Gasteiger partial charge >= 0.3 is 0 Å². The predicted octanol–water partition coefficient (Wildman–Crippen LogP) is 3.90. The van der Waals surface area contributed by atoms with Crippen LogP contribution in [0, 0.1) is 0 Å². The van der Waals surface area contributed by atoms with E-state index >= 15 is 0 Å². The molecule has 0 aliphatic heterocycles. The number of fused-ring (bicyclic) bond motifs is 1. The molecule has 0 aliphatic carbocycles. The van der Waals surface area contributed by atoms with Crippen molar-refractivity contribution in [3.8, 4) is 11.4 Å². The third-order valence-electron chi connectivity index (χ3n) is 3.31. The highest BCUT2D eigenvalue weighted by atomic mass is 35.5. The summed E-state index contributed by atoms with van der Waals surface area (Å²) >= 11 is 0. The molecule has 3 N–H and O–H groups in total. The number of hydrogen-bond acceptors (Lipinski definition) is 4. The number of benzene rings is 2. The first-order valence-electron chi connectivity index (χ1n) is 7.14. The van der Waals surface area contributed by atoms with Crippen LogP contribution >= 0.6 is 24.8 Å². The molecule has 2 aromatic carbocycles. The minimum absolute atomic E-state index is 0. The van der Waals surface area contributed by atoms with Crippen LogP contribution in [0.1, 0.15) is 6.42 Å². The van der Waals surface area contributed by atoms with Crippen molar-refractivity contribution in [2.24, 2.45) is 5.73 Å². The molecular formula is C17H20Cl2N4. The summed E-state index contributed by atoms with van der Waals surface area (Å²) in [4.78, 5) is 9.34. The van der Waals surface area contributed by atoms with Crippen molar-refractivity contribution in [3.63, 3.8) is 0 Å². The van der Waals surface area contributed by atoms with Gasteiger partial charge in [0.2, 0.25) is 0 Å². The first kappa shape index (κ1) is 19.2. The van der Waals surface area contributed by atoms with Gasteiger partial charge in [-0.2, -0.15) is 0 Å². The van der Waals surface area contributed by atoms with Gasteiger partial charge in [0.05, 0.1) is 5.52 Å². The molecule has 6 heteroatoms. The zero-order valence-corrected chi connectivity index (χ0v) is 14.2. The van der Waals surface area contributed by atoms with Crippen LogP contribution in [-0.4, -0.2) is 23.1 Å². The molecule has 0 bridgehead atoms. The Morgan fingerprint density at radius 1 is 0.870 bits per heavy atom.